The number of aliphatic hydroxyl groups excluding tert-OH is 1. The van der Waals surface area contributed by atoms with Gasteiger partial charge in [0.25, 0.3) is 0 Å². The van der Waals surface area contributed by atoms with Gasteiger partial charge in [-0.25, -0.2) is 4.98 Å². The number of ether oxygens (including phenoxy) is 1. The minimum atomic E-state index is 0.198. The Morgan fingerprint density at radius 1 is 1.00 bits per heavy atom. The van der Waals surface area contributed by atoms with Crippen LogP contribution in [0, 0.1) is 0 Å². The first kappa shape index (κ1) is 19.4. The summed E-state index contributed by atoms with van der Waals surface area (Å²) in [5, 5.41) is 13.6. The number of para-hydroxylation sites is 2. The summed E-state index contributed by atoms with van der Waals surface area (Å²) in [6.07, 6.45) is 0. The standard InChI is InChI=1S/C22H27N5O2/c1-29-20-9-5-2-6-17(20)16-23-21-18-7-3-4-8-19(18)24-22(25-21)27-12-10-26(11-13-27)14-15-28/h2-9,28H,10-16H2,1H3,(H,23,24,25). The van der Waals surface area contributed by atoms with Crippen LogP contribution < -0.4 is 15.0 Å². The molecule has 0 saturated carbocycles. The Kier molecular flexibility index (Phi) is 6.07. The van der Waals surface area contributed by atoms with Crippen molar-refractivity contribution in [3.05, 3.63) is 54.1 Å². The third-order valence-corrected chi connectivity index (χ3v) is 5.30. The van der Waals surface area contributed by atoms with E-state index in [1.165, 1.54) is 0 Å². The second kappa shape index (κ2) is 9.07. The fourth-order valence-corrected chi connectivity index (χ4v) is 3.68. The zero-order chi connectivity index (χ0) is 20.1. The van der Waals surface area contributed by atoms with Gasteiger partial charge in [-0.15, -0.1) is 0 Å². The molecule has 1 aliphatic heterocycles. The number of β-amino-alcohol motifs (C(OH)–C–C–N with tert-alkyl or cyclic N) is 1. The number of anilines is 2. The Labute approximate surface area is 171 Å². The summed E-state index contributed by atoms with van der Waals surface area (Å²) in [5.74, 6) is 2.43. The van der Waals surface area contributed by atoms with Gasteiger partial charge in [-0.1, -0.05) is 30.3 Å². The third-order valence-electron chi connectivity index (χ3n) is 5.30. The Balaban J connectivity index is 1.58. The molecule has 0 bridgehead atoms. The molecule has 7 nitrogen and oxygen atoms in total. The third kappa shape index (κ3) is 4.41. The molecule has 152 valence electrons. The van der Waals surface area contributed by atoms with Crippen molar-refractivity contribution in [2.45, 2.75) is 6.54 Å². The first-order valence-corrected chi connectivity index (χ1v) is 9.99. The lowest BCUT2D eigenvalue weighted by Crippen LogP contribution is -2.47. The van der Waals surface area contributed by atoms with Crippen LogP contribution in [-0.2, 0) is 6.54 Å². The monoisotopic (exact) mass is 393 g/mol. The van der Waals surface area contributed by atoms with Crippen LogP contribution in [0.25, 0.3) is 10.9 Å². The second-order valence-corrected chi connectivity index (χ2v) is 7.11. The molecule has 7 heteroatoms. The summed E-state index contributed by atoms with van der Waals surface area (Å²) in [6.45, 7) is 5.05. The van der Waals surface area contributed by atoms with Crippen molar-refractivity contribution in [2.75, 3.05) is 56.7 Å². The molecule has 29 heavy (non-hydrogen) atoms. The molecular weight excluding hydrogens is 366 g/mol. The van der Waals surface area contributed by atoms with Crippen molar-refractivity contribution in [1.82, 2.24) is 14.9 Å². The van der Waals surface area contributed by atoms with E-state index >= 15 is 0 Å². The molecule has 4 rings (SSSR count). The molecule has 1 saturated heterocycles. The van der Waals surface area contributed by atoms with Crippen molar-refractivity contribution in [3.63, 3.8) is 0 Å². The largest absolute Gasteiger partial charge is 0.496 e. The van der Waals surface area contributed by atoms with Crippen LogP contribution in [0.3, 0.4) is 0 Å². The van der Waals surface area contributed by atoms with Crippen LogP contribution in [0.4, 0.5) is 11.8 Å². The number of nitrogens with one attached hydrogen (secondary N) is 1. The normalized spacial score (nSPS) is 14.9. The minimum absolute atomic E-state index is 0.198. The lowest BCUT2D eigenvalue weighted by molar-refractivity contribution is 0.188. The number of nitrogens with zero attached hydrogens (tertiary/aromatic N) is 4. The highest BCUT2D eigenvalue weighted by molar-refractivity contribution is 5.90. The molecule has 0 unspecified atom stereocenters. The summed E-state index contributed by atoms with van der Waals surface area (Å²) < 4.78 is 5.47. The van der Waals surface area contributed by atoms with E-state index < -0.39 is 0 Å². The number of benzene rings is 2. The maximum Gasteiger partial charge on any atom is 0.227 e. The van der Waals surface area contributed by atoms with Crippen molar-refractivity contribution < 1.29 is 9.84 Å². The summed E-state index contributed by atoms with van der Waals surface area (Å²) in [6, 6.07) is 16.1. The number of aliphatic hydroxyl groups is 1. The van der Waals surface area contributed by atoms with Crippen LogP contribution in [0.1, 0.15) is 5.56 Å². The molecule has 3 aromatic rings. The van der Waals surface area contributed by atoms with E-state index in [-0.39, 0.29) is 6.61 Å². The van der Waals surface area contributed by atoms with E-state index in [1.54, 1.807) is 7.11 Å². The van der Waals surface area contributed by atoms with E-state index in [9.17, 15) is 0 Å². The average Bonchev–Trinajstić information content (AvgIpc) is 2.78. The SMILES string of the molecule is COc1ccccc1CNc1nc(N2CCN(CCO)CC2)nc2ccccc12. The molecule has 0 aliphatic carbocycles. The summed E-state index contributed by atoms with van der Waals surface area (Å²) in [5.41, 5.74) is 2.01. The number of fused-ring (bicyclic) bond motifs is 1. The topological polar surface area (TPSA) is 73.8 Å². The first-order valence-electron chi connectivity index (χ1n) is 9.99. The number of hydrogen-bond acceptors (Lipinski definition) is 7. The zero-order valence-corrected chi connectivity index (χ0v) is 16.7. The molecule has 1 aliphatic rings. The summed E-state index contributed by atoms with van der Waals surface area (Å²) >= 11 is 0. The average molecular weight is 393 g/mol. The second-order valence-electron chi connectivity index (χ2n) is 7.11. The van der Waals surface area contributed by atoms with Gasteiger partial charge in [-0.05, 0) is 18.2 Å². The van der Waals surface area contributed by atoms with Gasteiger partial charge in [0.15, 0.2) is 0 Å². The number of aromatic nitrogens is 2. The van der Waals surface area contributed by atoms with Gasteiger partial charge in [0.05, 0.1) is 19.2 Å². The van der Waals surface area contributed by atoms with E-state index in [1.807, 2.05) is 42.5 Å². The zero-order valence-electron chi connectivity index (χ0n) is 16.7. The van der Waals surface area contributed by atoms with Gasteiger partial charge < -0.3 is 20.1 Å². The Morgan fingerprint density at radius 3 is 2.55 bits per heavy atom. The van der Waals surface area contributed by atoms with Crippen LogP contribution in [0.5, 0.6) is 5.75 Å². The van der Waals surface area contributed by atoms with Crippen molar-refractivity contribution in [3.8, 4) is 5.75 Å². The molecule has 0 radical (unpaired) electrons. The van der Waals surface area contributed by atoms with Gasteiger partial charge in [0, 0.05) is 50.2 Å². The Bertz CT molecular complexity index is 957. The highest BCUT2D eigenvalue weighted by atomic mass is 16.5. The maximum absolute atomic E-state index is 9.15. The van der Waals surface area contributed by atoms with Gasteiger partial charge in [-0.2, -0.15) is 4.98 Å². The summed E-state index contributed by atoms with van der Waals surface area (Å²) in [4.78, 5) is 14.1. The maximum atomic E-state index is 9.15. The van der Waals surface area contributed by atoms with Crippen molar-refractivity contribution >= 4 is 22.7 Å². The van der Waals surface area contributed by atoms with Crippen molar-refractivity contribution in [1.29, 1.82) is 0 Å². The highest BCUT2D eigenvalue weighted by Gasteiger charge is 2.20. The van der Waals surface area contributed by atoms with E-state index in [4.69, 9.17) is 19.8 Å². The fourth-order valence-electron chi connectivity index (χ4n) is 3.68. The predicted octanol–water partition coefficient (Wildman–Crippen LogP) is 2.36. The van der Waals surface area contributed by atoms with Crippen LogP contribution in [0.15, 0.2) is 48.5 Å². The molecule has 1 aromatic heterocycles. The number of rotatable bonds is 7. The quantitative estimate of drug-likeness (QED) is 0.638. The van der Waals surface area contributed by atoms with E-state index in [0.29, 0.717) is 6.54 Å². The summed E-state index contributed by atoms with van der Waals surface area (Å²) in [7, 11) is 1.69. The van der Waals surface area contributed by atoms with Crippen LogP contribution >= 0.6 is 0 Å². The molecule has 2 aromatic carbocycles. The molecule has 2 heterocycles. The van der Waals surface area contributed by atoms with Gasteiger partial charge in [0.2, 0.25) is 5.95 Å². The van der Waals surface area contributed by atoms with Crippen LogP contribution in [-0.4, -0.2) is 66.4 Å². The van der Waals surface area contributed by atoms with Crippen LogP contribution in [0.2, 0.25) is 0 Å². The molecule has 0 atom stereocenters. The molecule has 1 fully saturated rings. The Hall–Kier alpha value is -2.90. The number of hydrogen-bond donors (Lipinski definition) is 2. The first-order chi connectivity index (χ1) is 14.3. The lowest BCUT2D eigenvalue weighted by atomic mass is 10.2. The molecule has 0 spiro atoms. The van der Waals surface area contributed by atoms with Crippen molar-refractivity contribution in [2.24, 2.45) is 0 Å². The Morgan fingerprint density at radius 2 is 1.76 bits per heavy atom. The highest BCUT2D eigenvalue weighted by Crippen LogP contribution is 2.26. The van der Waals surface area contributed by atoms with Gasteiger partial charge in [-0.3, -0.25) is 4.90 Å². The fraction of sp³-hybridized carbons (Fsp3) is 0.364. The lowest BCUT2D eigenvalue weighted by Gasteiger charge is -2.34. The minimum Gasteiger partial charge on any atom is -0.496 e. The smallest absolute Gasteiger partial charge is 0.227 e. The molecule has 0 amide bonds. The number of piperazine rings is 1. The van der Waals surface area contributed by atoms with E-state index in [2.05, 4.69) is 21.2 Å². The molecular formula is C22H27N5O2. The molecule has 2 N–H and O–H groups in total. The number of methoxy groups -OCH3 is 1. The predicted molar refractivity (Wildman–Crippen MR) is 116 cm³/mol. The van der Waals surface area contributed by atoms with Gasteiger partial charge >= 0.3 is 0 Å². The van der Waals surface area contributed by atoms with Gasteiger partial charge in [0.1, 0.15) is 11.6 Å². The van der Waals surface area contributed by atoms with E-state index in [0.717, 1.165) is 66.7 Å².